The van der Waals surface area contributed by atoms with Crippen molar-refractivity contribution in [1.29, 1.82) is 0 Å². The van der Waals surface area contributed by atoms with E-state index in [0.717, 1.165) is 28.5 Å². The molecule has 0 radical (unpaired) electrons. The summed E-state index contributed by atoms with van der Waals surface area (Å²) >= 11 is 5.15. The van der Waals surface area contributed by atoms with Crippen LogP contribution in [0.4, 0.5) is 0 Å². The fourth-order valence-corrected chi connectivity index (χ4v) is 3.47. The van der Waals surface area contributed by atoms with Crippen LogP contribution in [-0.2, 0) is 27.3 Å². The van der Waals surface area contributed by atoms with Crippen molar-refractivity contribution in [1.82, 2.24) is 20.1 Å². The largest absolute Gasteiger partial charge is 0.383 e. The average molecular weight is 401 g/mol. The molecule has 0 spiro atoms. The summed E-state index contributed by atoms with van der Waals surface area (Å²) in [6.07, 6.45) is 4.54. The SMILES string of the molecule is CCc1cccc2c(/C=C3\NC(=S)N(C)C3=O)cn(CC(=O)NCCOC)c12. The summed E-state index contributed by atoms with van der Waals surface area (Å²) in [4.78, 5) is 26.1. The summed E-state index contributed by atoms with van der Waals surface area (Å²) < 4.78 is 6.91. The first-order valence-electron chi connectivity index (χ1n) is 9.13. The Morgan fingerprint density at radius 1 is 1.39 bits per heavy atom. The Morgan fingerprint density at radius 3 is 2.82 bits per heavy atom. The molecule has 1 fully saturated rings. The highest BCUT2D eigenvalue weighted by molar-refractivity contribution is 7.80. The average Bonchev–Trinajstić information content (AvgIpc) is 3.14. The van der Waals surface area contributed by atoms with E-state index in [2.05, 4.69) is 23.6 Å². The van der Waals surface area contributed by atoms with E-state index in [0.29, 0.717) is 24.0 Å². The van der Waals surface area contributed by atoms with Crippen LogP contribution >= 0.6 is 12.2 Å². The molecule has 2 aromatic rings. The van der Waals surface area contributed by atoms with Crippen molar-refractivity contribution >= 4 is 46.1 Å². The monoisotopic (exact) mass is 400 g/mol. The van der Waals surface area contributed by atoms with Crippen molar-refractivity contribution in [2.24, 2.45) is 0 Å². The Kier molecular flexibility index (Phi) is 6.11. The third kappa shape index (κ3) is 3.93. The van der Waals surface area contributed by atoms with Crippen LogP contribution in [0.5, 0.6) is 0 Å². The molecule has 1 aromatic heterocycles. The van der Waals surface area contributed by atoms with Crippen LogP contribution < -0.4 is 10.6 Å². The molecule has 1 aliphatic heterocycles. The second-order valence-electron chi connectivity index (χ2n) is 6.57. The lowest BCUT2D eigenvalue weighted by molar-refractivity contribution is -0.122. The zero-order chi connectivity index (χ0) is 20.3. The predicted octanol–water partition coefficient (Wildman–Crippen LogP) is 1.65. The number of thiocarbonyl (C=S) groups is 1. The fourth-order valence-electron chi connectivity index (χ4n) is 3.27. The smallest absolute Gasteiger partial charge is 0.276 e. The molecular formula is C20H24N4O3S. The molecule has 2 N–H and O–H groups in total. The van der Waals surface area contributed by atoms with E-state index in [-0.39, 0.29) is 18.4 Å². The van der Waals surface area contributed by atoms with Crippen LogP contribution in [0.2, 0.25) is 0 Å². The summed E-state index contributed by atoms with van der Waals surface area (Å²) in [7, 11) is 3.24. The van der Waals surface area contributed by atoms with Gasteiger partial charge in [-0.3, -0.25) is 14.5 Å². The fraction of sp³-hybridized carbons (Fsp3) is 0.350. The number of likely N-dealkylation sites (N-methyl/N-ethyl adjacent to an activating group) is 1. The molecule has 0 atom stereocenters. The molecule has 1 saturated heterocycles. The number of hydrogen-bond donors (Lipinski definition) is 2. The number of nitrogens with zero attached hydrogens (tertiary/aromatic N) is 2. The first-order chi connectivity index (χ1) is 13.5. The number of carbonyl (C=O) groups is 2. The Hall–Kier alpha value is -2.71. The highest BCUT2D eigenvalue weighted by Crippen LogP contribution is 2.27. The van der Waals surface area contributed by atoms with E-state index >= 15 is 0 Å². The second kappa shape index (κ2) is 8.53. The van der Waals surface area contributed by atoms with E-state index in [1.54, 1.807) is 20.2 Å². The minimum Gasteiger partial charge on any atom is -0.383 e. The summed E-state index contributed by atoms with van der Waals surface area (Å²) in [6, 6.07) is 6.05. The molecule has 1 aliphatic rings. The number of benzene rings is 1. The lowest BCUT2D eigenvalue weighted by Crippen LogP contribution is -2.30. The van der Waals surface area contributed by atoms with Crippen molar-refractivity contribution in [3.8, 4) is 0 Å². The molecule has 0 aliphatic carbocycles. The van der Waals surface area contributed by atoms with Gasteiger partial charge in [0.2, 0.25) is 5.91 Å². The summed E-state index contributed by atoms with van der Waals surface area (Å²) in [5.41, 5.74) is 3.44. The van der Waals surface area contributed by atoms with E-state index in [4.69, 9.17) is 17.0 Å². The van der Waals surface area contributed by atoms with Gasteiger partial charge in [-0.05, 0) is 30.3 Å². The zero-order valence-corrected chi connectivity index (χ0v) is 17.1. The van der Waals surface area contributed by atoms with Gasteiger partial charge in [0.25, 0.3) is 5.91 Å². The van der Waals surface area contributed by atoms with Crippen molar-refractivity contribution in [2.45, 2.75) is 19.9 Å². The first kappa shape index (κ1) is 20.0. The molecule has 28 heavy (non-hydrogen) atoms. The minimum atomic E-state index is -0.171. The van der Waals surface area contributed by atoms with Gasteiger partial charge in [0.15, 0.2) is 5.11 Å². The molecule has 7 nitrogen and oxygen atoms in total. The van der Waals surface area contributed by atoms with Gasteiger partial charge in [-0.25, -0.2) is 0 Å². The van der Waals surface area contributed by atoms with Crippen LogP contribution in [0.25, 0.3) is 17.0 Å². The van der Waals surface area contributed by atoms with E-state index in [1.165, 1.54) is 4.90 Å². The van der Waals surface area contributed by atoms with Gasteiger partial charge in [0.1, 0.15) is 12.2 Å². The minimum absolute atomic E-state index is 0.0879. The zero-order valence-electron chi connectivity index (χ0n) is 16.2. The maximum atomic E-state index is 12.3. The van der Waals surface area contributed by atoms with Crippen molar-refractivity contribution < 1.29 is 14.3 Å². The predicted molar refractivity (Wildman–Crippen MR) is 113 cm³/mol. The van der Waals surface area contributed by atoms with E-state index in [9.17, 15) is 9.59 Å². The number of carbonyl (C=O) groups excluding carboxylic acids is 2. The quantitative estimate of drug-likeness (QED) is 0.420. The maximum absolute atomic E-state index is 12.3. The van der Waals surface area contributed by atoms with Gasteiger partial charge >= 0.3 is 0 Å². The number of ether oxygens (including phenoxy) is 1. The molecule has 0 unspecified atom stereocenters. The Balaban J connectivity index is 1.99. The molecule has 3 rings (SSSR count). The molecule has 8 heteroatoms. The Labute approximate surface area is 169 Å². The van der Waals surface area contributed by atoms with Gasteiger partial charge in [0, 0.05) is 37.8 Å². The summed E-state index contributed by atoms with van der Waals surface area (Å²) in [5.74, 6) is -0.259. The molecule has 0 saturated carbocycles. The third-order valence-corrected chi connectivity index (χ3v) is 5.09. The highest BCUT2D eigenvalue weighted by atomic mass is 32.1. The summed E-state index contributed by atoms with van der Waals surface area (Å²) in [5, 5.41) is 7.16. The number of methoxy groups -OCH3 is 1. The van der Waals surface area contributed by atoms with Crippen LogP contribution in [0.3, 0.4) is 0 Å². The van der Waals surface area contributed by atoms with Crippen LogP contribution in [0.15, 0.2) is 30.1 Å². The second-order valence-corrected chi connectivity index (χ2v) is 6.96. The van der Waals surface area contributed by atoms with Crippen LogP contribution in [0.1, 0.15) is 18.1 Å². The lowest BCUT2D eigenvalue weighted by atomic mass is 10.1. The van der Waals surface area contributed by atoms with Crippen molar-refractivity contribution in [3.05, 3.63) is 41.2 Å². The molecule has 2 amide bonds. The number of para-hydroxylation sites is 1. The van der Waals surface area contributed by atoms with E-state index < -0.39 is 0 Å². The van der Waals surface area contributed by atoms with Crippen molar-refractivity contribution in [2.75, 3.05) is 27.3 Å². The Morgan fingerprint density at radius 2 is 2.18 bits per heavy atom. The first-order valence-corrected chi connectivity index (χ1v) is 9.54. The number of rotatable bonds is 7. The number of nitrogens with one attached hydrogen (secondary N) is 2. The van der Waals surface area contributed by atoms with Gasteiger partial charge in [-0.15, -0.1) is 0 Å². The number of amides is 2. The standard InChI is InChI=1S/C20H24N4O3S/c1-4-13-6-5-7-15-14(10-16-19(26)23(2)20(28)22-16)11-24(18(13)15)12-17(25)21-8-9-27-3/h5-7,10-11H,4,8-9,12H2,1-3H3,(H,21,25)(H,22,28)/b16-10-. The van der Waals surface area contributed by atoms with Gasteiger partial charge in [-0.1, -0.05) is 25.1 Å². The van der Waals surface area contributed by atoms with Gasteiger partial charge in [0.05, 0.1) is 12.1 Å². The third-order valence-electron chi connectivity index (χ3n) is 4.72. The molecule has 0 bridgehead atoms. The summed E-state index contributed by atoms with van der Waals surface area (Å²) in [6.45, 7) is 3.21. The van der Waals surface area contributed by atoms with E-state index in [1.807, 2.05) is 22.9 Å². The number of hydrogen-bond acceptors (Lipinski definition) is 4. The topological polar surface area (TPSA) is 75.6 Å². The highest BCUT2D eigenvalue weighted by Gasteiger charge is 2.27. The number of aryl methyl sites for hydroxylation is 1. The molecule has 148 valence electrons. The normalized spacial score (nSPS) is 15.5. The van der Waals surface area contributed by atoms with Gasteiger partial charge < -0.3 is 19.9 Å². The molecular weight excluding hydrogens is 376 g/mol. The number of fused-ring (bicyclic) bond motifs is 1. The maximum Gasteiger partial charge on any atom is 0.276 e. The van der Waals surface area contributed by atoms with Crippen LogP contribution in [0, 0.1) is 0 Å². The van der Waals surface area contributed by atoms with Crippen LogP contribution in [-0.4, -0.2) is 53.7 Å². The number of aromatic nitrogens is 1. The molecule has 1 aromatic carbocycles. The van der Waals surface area contributed by atoms with Crippen molar-refractivity contribution in [3.63, 3.8) is 0 Å². The molecule has 2 heterocycles. The Bertz CT molecular complexity index is 964. The lowest BCUT2D eigenvalue weighted by Gasteiger charge is -2.09. The van der Waals surface area contributed by atoms with Gasteiger partial charge in [-0.2, -0.15) is 0 Å².